The molecule has 0 amide bonds. The van der Waals surface area contributed by atoms with E-state index in [4.69, 9.17) is 0 Å². The van der Waals surface area contributed by atoms with Crippen LogP contribution in [0.3, 0.4) is 0 Å². The van der Waals surface area contributed by atoms with Crippen LogP contribution in [-0.2, 0) is 7.05 Å². The van der Waals surface area contributed by atoms with Gasteiger partial charge in [-0.25, -0.2) is 22.1 Å². The highest BCUT2D eigenvalue weighted by atomic mass is 32.2. The normalized spacial score (nSPS) is 24.4. The molecule has 0 spiro atoms. The number of halogens is 4. The molecule has 1 aliphatic heterocycles. The smallest absolute Gasteiger partial charge is 0.215 e. The van der Waals surface area contributed by atoms with Crippen molar-refractivity contribution >= 4 is 23.5 Å². The lowest BCUT2D eigenvalue weighted by molar-refractivity contribution is -0.428. The van der Waals surface area contributed by atoms with Crippen LogP contribution in [0, 0.1) is 35.1 Å². The van der Waals surface area contributed by atoms with Gasteiger partial charge in [-0.15, -0.1) is 11.8 Å². The maximum atomic E-state index is 15.5. The summed E-state index contributed by atoms with van der Waals surface area (Å²) in [6.07, 6.45) is 10.3. The van der Waals surface area contributed by atoms with Gasteiger partial charge in [-0.1, -0.05) is 20.3 Å². The van der Waals surface area contributed by atoms with Crippen molar-refractivity contribution in [3.63, 3.8) is 0 Å². The third-order valence-corrected chi connectivity index (χ3v) is 8.35. The Morgan fingerprint density at radius 2 is 1.82 bits per heavy atom. The first-order chi connectivity index (χ1) is 15.7. The van der Waals surface area contributed by atoms with Crippen molar-refractivity contribution in [2.24, 2.45) is 18.9 Å². The molecule has 176 valence electrons. The minimum absolute atomic E-state index is 0.0657. The summed E-state index contributed by atoms with van der Waals surface area (Å²) < 4.78 is 65.1. The molecule has 1 fully saturated rings. The van der Waals surface area contributed by atoms with Gasteiger partial charge >= 0.3 is 0 Å². The maximum absolute atomic E-state index is 15.5. The molecule has 3 unspecified atom stereocenters. The third kappa shape index (κ3) is 4.32. The fourth-order valence-electron chi connectivity index (χ4n) is 4.98. The molecule has 3 atom stereocenters. The van der Waals surface area contributed by atoms with E-state index in [0.29, 0.717) is 23.2 Å². The van der Waals surface area contributed by atoms with E-state index in [2.05, 4.69) is 13.8 Å². The van der Waals surface area contributed by atoms with Gasteiger partial charge in [0, 0.05) is 30.6 Å². The monoisotopic (exact) mass is 477 g/mol. The Balaban J connectivity index is 1.82. The summed E-state index contributed by atoms with van der Waals surface area (Å²) in [6, 6.07) is 3.40. The standard InChI is InChI=1S/C26H29F4N2S/c1-5-16-14-17(11-10-15(16)2)33-26-24(29)22(27)21(23(28)25(26)30)20(18-8-6-12-31(18)3)19-9-7-13-32(19)4/h6-9,12-13,15-17H,5,10-11,14H2,1-4H3/q+1. The van der Waals surface area contributed by atoms with Gasteiger partial charge < -0.3 is 4.57 Å². The first-order valence-electron chi connectivity index (χ1n) is 11.4. The Hall–Kier alpha value is -2.28. The molecule has 0 radical (unpaired) electrons. The van der Waals surface area contributed by atoms with Gasteiger partial charge in [0.2, 0.25) is 5.70 Å². The highest BCUT2D eigenvalue weighted by Gasteiger charge is 2.35. The van der Waals surface area contributed by atoms with Gasteiger partial charge in [-0.2, -0.15) is 0 Å². The number of rotatable bonds is 5. The predicted octanol–water partition coefficient (Wildman–Crippen LogP) is 6.93. The topological polar surface area (TPSA) is 7.94 Å². The predicted molar refractivity (Wildman–Crippen MR) is 126 cm³/mol. The summed E-state index contributed by atoms with van der Waals surface area (Å²) in [6.45, 7) is 4.29. The molecule has 1 aromatic carbocycles. The first-order valence-corrected chi connectivity index (χ1v) is 12.3. The summed E-state index contributed by atoms with van der Waals surface area (Å²) in [5.74, 6) is -4.35. The summed E-state index contributed by atoms with van der Waals surface area (Å²) in [5.41, 5.74) is 0.347. The van der Waals surface area contributed by atoms with Crippen molar-refractivity contribution in [3.8, 4) is 0 Å². The molecule has 2 nitrogen and oxygen atoms in total. The van der Waals surface area contributed by atoms with Gasteiger partial charge in [0.1, 0.15) is 7.05 Å². The molecule has 1 aromatic heterocycles. The molecular weight excluding hydrogens is 448 g/mol. The third-order valence-electron chi connectivity index (χ3n) is 7.00. The fraction of sp³-hybridized carbons (Fsp3) is 0.423. The average molecular weight is 478 g/mol. The lowest BCUT2D eigenvalue weighted by Crippen LogP contribution is -2.24. The fourth-order valence-corrected chi connectivity index (χ4v) is 6.30. The molecule has 2 aromatic rings. The number of nitrogens with zero attached hydrogens (tertiary/aromatic N) is 2. The molecule has 7 heteroatoms. The van der Waals surface area contributed by atoms with Crippen LogP contribution in [0.1, 0.15) is 50.8 Å². The van der Waals surface area contributed by atoms with Crippen LogP contribution in [0.25, 0.3) is 5.57 Å². The second kappa shape index (κ2) is 9.53. The van der Waals surface area contributed by atoms with E-state index < -0.39 is 33.7 Å². The lowest BCUT2D eigenvalue weighted by atomic mass is 9.79. The Kier molecular flexibility index (Phi) is 6.89. The van der Waals surface area contributed by atoms with E-state index in [1.54, 1.807) is 59.9 Å². The van der Waals surface area contributed by atoms with E-state index >= 15 is 17.6 Å². The number of thioether (sulfide) groups is 1. The van der Waals surface area contributed by atoms with Crippen molar-refractivity contribution in [2.45, 2.75) is 49.7 Å². The van der Waals surface area contributed by atoms with E-state index in [1.807, 2.05) is 0 Å². The Morgan fingerprint density at radius 1 is 1.12 bits per heavy atom. The van der Waals surface area contributed by atoms with Crippen molar-refractivity contribution in [1.82, 2.24) is 4.57 Å². The zero-order valence-electron chi connectivity index (χ0n) is 19.3. The van der Waals surface area contributed by atoms with Crippen LogP contribution in [0.5, 0.6) is 0 Å². The molecule has 4 rings (SSSR count). The number of hydrogen-bond acceptors (Lipinski definition) is 1. The van der Waals surface area contributed by atoms with Gasteiger partial charge in [0.15, 0.2) is 29.5 Å². The average Bonchev–Trinajstić information content (AvgIpc) is 3.42. The van der Waals surface area contributed by atoms with Gasteiger partial charge in [-0.05, 0) is 43.2 Å². The lowest BCUT2D eigenvalue weighted by Gasteiger charge is -2.33. The Morgan fingerprint density at radius 3 is 2.36 bits per heavy atom. The van der Waals surface area contributed by atoms with Crippen LogP contribution < -0.4 is 0 Å². The largest absolute Gasteiger partial charge is 0.350 e. The zero-order valence-corrected chi connectivity index (χ0v) is 20.2. The minimum atomic E-state index is -1.36. The second-order valence-electron chi connectivity index (χ2n) is 9.04. The van der Waals surface area contributed by atoms with Gasteiger partial charge in [0.25, 0.3) is 0 Å². The molecule has 0 N–H and O–H groups in total. The molecule has 0 saturated heterocycles. The molecular formula is C26H29F4N2S+. The van der Waals surface area contributed by atoms with Crippen LogP contribution in [0.4, 0.5) is 17.6 Å². The number of hydrogen-bond donors (Lipinski definition) is 0. The minimum Gasteiger partial charge on any atom is -0.350 e. The van der Waals surface area contributed by atoms with E-state index in [-0.39, 0.29) is 10.8 Å². The number of benzene rings is 1. The summed E-state index contributed by atoms with van der Waals surface area (Å²) in [4.78, 5) is -0.554. The van der Waals surface area contributed by atoms with E-state index in [0.717, 1.165) is 37.4 Å². The quantitative estimate of drug-likeness (QED) is 0.257. The molecule has 2 aliphatic rings. The molecule has 1 aliphatic carbocycles. The Labute approximate surface area is 196 Å². The highest BCUT2D eigenvalue weighted by Crippen LogP contribution is 2.44. The zero-order chi connectivity index (χ0) is 23.9. The summed E-state index contributed by atoms with van der Waals surface area (Å²) in [5, 5.41) is -0.0657. The molecule has 33 heavy (non-hydrogen) atoms. The highest BCUT2D eigenvalue weighted by molar-refractivity contribution is 8.00. The first kappa shape index (κ1) is 23.9. The van der Waals surface area contributed by atoms with Crippen molar-refractivity contribution in [1.29, 1.82) is 0 Å². The second-order valence-corrected chi connectivity index (χ2v) is 10.4. The number of aromatic nitrogens is 1. The van der Waals surface area contributed by atoms with E-state index in [9.17, 15) is 0 Å². The van der Waals surface area contributed by atoms with Crippen LogP contribution >= 0.6 is 11.8 Å². The molecule has 2 heterocycles. The maximum Gasteiger partial charge on any atom is 0.215 e. The van der Waals surface area contributed by atoms with Gasteiger partial charge in [-0.3, -0.25) is 0 Å². The molecule has 0 bridgehead atoms. The number of allylic oxidation sites excluding steroid dienone is 2. The molecule has 1 saturated carbocycles. The van der Waals surface area contributed by atoms with Crippen molar-refractivity contribution in [3.05, 3.63) is 70.7 Å². The van der Waals surface area contributed by atoms with E-state index in [1.165, 1.54) is 0 Å². The number of aryl methyl sites for hydroxylation is 1. The Bertz CT molecular complexity index is 1130. The van der Waals surface area contributed by atoms with Gasteiger partial charge in [0.05, 0.1) is 21.7 Å². The SMILES string of the molecule is CCC1CC(Sc2c(F)c(F)c(/C(=C3\C=CC=[N+]3C)c3cccn3C)c(F)c2F)CCC1C. The van der Waals surface area contributed by atoms with Crippen LogP contribution in [0.2, 0.25) is 0 Å². The van der Waals surface area contributed by atoms with Crippen molar-refractivity contribution < 1.29 is 22.1 Å². The van der Waals surface area contributed by atoms with Crippen molar-refractivity contribution in [2.75, 3.05) is 7.05 Å². The van der Waals surface area contributed by atoms with Crippen LogP contribution in [-0.4, -0.2) is 27.7 Å². The summed E-state index contributed by atoms with van der Waals surface area (Å²) >= 11 is 0.939. The summed E-state index contributed by atoms with van der Waals surface area (Å²) in [7, 11) is 3.44. The van der Waals surface area contributed by atoms with Crippen LogP contribution in [0.15, 0.2) is 41.1 Å². The number of likely N-dealkylation sites (N-methyl/N-ethyl adjacent to an activating group) is 1.